The van der Waals surface area contributed by atoms with Crippen molar-refractivity contribution in [2.75, 3.05) is 0 Å². The van der Waals surface area contributed by atoms with Crippen LogP contribution in [0.3, 0.4) is 0 Å². The molecular formula is C18H25N9S. The van der Waals surface area contributed by atoms with Gasteiger partial charge in [-0.25, -0.2) is 14.7 Å². The van der Waals surface area contributed by atoms with Gasteiger partial charge in [-0.15, -0.1) is 21.5 Å². The first-order valence-electron chi connectivity index (χ1n) is 9.41. The molecule has 1 atom stereocenters. The van der Waals surface area contributed by atoms with Gasteiger partial charge in [0.2, 0.25) is 0 Å². The molecule has 2 N–H and O–H groups in total. The highest BCUT2D eigenvalue weighted by Gasteiger charge is 2.21. The van der Waals surface area contributed by atoms with Gasteiger partial charge in [0, 0.05) is 24.4 Å². The molecule has 0 aromatic carbocycles. The lowest BCUT2D eigenvalue weighted by Crippen LogP contribution is -2.47. The SMILES string of the molecule is Cc1nc2n(n1)CC(NC(=NCc1nnc(C)n1C)NCc1cccs1)CC2. The Kier molecular flexibility index (Phi) is 5.38. The van der Waals surface area contributed by atoms with Gasteiger partial charge in [0.15, 0.2) is 11.8 Å². The molecular weight excluding hydrogens is 374 g/mol. The van der Waals surface area contributed by atoms with E-state index in [0.29, 0.717) is 6.54 Å². The molecule has 0 bridgehead atoms. The highest BCUT2D eigenvalue weighted by atomic mass is 32.1. The van der Waals surface area contributed by atoms with Crippen molar-refractivity contribution in [1.29, 1.82) is 0 Å². The van der Waals surface area contributed by atoms with Crippen LogP contribution in [0.4, 0.5) is 0 Å². The zero-order valence-corrected chi connectivity index (χ0v) is 17.2. The standard InChI is InChI=1S/C18H25N9S/c1-12-21-16-7-6-14(11-27(16)25-12)22-18(19-9-15-5-4-8-28-15)20-10-17-24-23-13(2)26(17)3/h4-5,8,14H,6-7,9-11H2,1-3H3,(H2,19,20,22). The lowest BCUT2D eigenvalue weighted by molar-refractivity contribution is 0.392. The minimum absolute atomic E-state index is 0.254. The topological polar surface area (TPSA) is 97.8 Å². The van der Waals surface area contributed by atoms with Crippen LogP contribution in [0.5, 0.6) is 0 Å². The molecule has 1 unspecified atom stereocenters. The van der Waals surface area contributed by atoms with Gasteiger partial charge < -0.3 is 15.2 Å². The molecule has 0 amide bonds. The fraction of sp³-hybridized carbons (Fsp3) is 0.500. The Labute approximate surface area is 167 Å². The molecule has 1 aliphatic heterocycles. The smallest absolute Gasteiger partial charge is 0.192 e. The summed E-state index contributed by atoms with van der Waals surface area (Å²) in [5.41, 5.74) is 0. The van der Waals surface area contributed by atoms with Crippen molar-refractivity contribution in [1.82, 2.24) is 40.2 Å². The van der Waals surface area contributed by atoms with E-state index in [2.05, 4.69) is 48.4 Å². The number of guanidine groups is 1. The van der Waals surface area contributed by atoms with Gasteiger partial charge in [0.25, 0.3) is 0 Å². The van der Waals surface area contributed by atoms with Gasteiger partial charge in [0.05, 0.1) is 13.1 Å². The van der Waals surface area contributed by atoms with Gasteiger partial charge in [-0.1, -0.05) is 6.07 Å². The summed E-state index contributed by atoms with van der Waals surface area (Å²) >= 11 is 1.73. The molecule has 148 valence electrons. The number of thiophene rings is 1. The monoisotopic (exact) mass is 399 g/mol. The molecule has 0 fully saturated rings. The van der Waals surface area contributed by atoms with E-state index in [-0.39, 0.29) is 6.04 Å². The predicted octanol–water partition coefficient (Wildman–Crippen LogP) is 1.34. The van der Waals surface area contributed by atoms with E-state index >= 15 is 0 Å². The van der Waals surface area contributed by atoms with E-state index in [9.17, 15) is 0 Å². The Hall–Kier alpha value is -2.75. The van der Waals surface area contributed by atoms with Crippen LogP contribution in [0.2, 0.25) is 0 Å². The number of nitrogens with zero attached hydrogens (tertiary/aromatic N) is 7. The average Bonchev–Trinajstić information content (AvgIpc) is 3.39. The third kappa shape index (κ3) is 4.22. The Morgan fingerprint density at radius 1 is 1.36 bits per heavy atom. The number of hydrogen-bond donors (Lipinski definition) is 2. The van der Waals surface area contributed by atoms with Crippen LogP contribution in [0.15, 0.2) is 22.5 Å². The number of rotatable bonds is 5. The third-order valence-corrected chi connectivity index (χ3v) is 5.75. The van der Waals surface area contributed by atoms with Crippen molar-refractivity contribution < 1.29 is 0 Å². The number of aryl methyl sites for hydroxylation is 3. The first-order chi connectivity index (χ1) is 13.6. The summed E-state index contributed by atoms with van der Waals surface area (Å²) in [5.74, 6) is 4.40. The highest BCUT2D eigenvalue weighted by Crippen LogP contribution is 2.13. The maximum atomic E-state index is 4.75. The number of hydrogen-bond acceptors (Lipinski definition) is 6. The molecule has 10 heteroatoms. The Morgan fingerprint density at radius 2 is 2.25 bits per heavy atom. The average molecular weight is 400 g/mol. The first kappa shape index (κ1) is 18.6. The second kappa shape index (κ2) is 8.09. The summed E-state index contributed by atoms with van der Waals surface area (Å²) in [7, 11) is 1.96. The highest BCUT2D eigenvalue weighted by molar-refractivity contribution is 7.09. The molecule has 3 aromatic rings. The number of aromatic nitrogens is 6. The van der Waals surface area contributed by atoms with Crippen molar-refractivity contribution in [3.05, 3.63) is 45.7 Å². The van der Waals surface area contributed by atoms with Crippen LogP contribution in [0, 0.1) is 13.8 Å². The summed E-state index contributed by atoms with van der Waals surface area (Å²) in [6.07, 6.45) is 1.92. The van der Waals surface area contributed by atoms with Crippen molar-refractivity contribution in [3.8, 4) is 0 Å². The van der Waals surface area contributed by atoms with E-state index < -0.39 is 0 Å². The molecule has 9 nitrogen and oxygen atoms in total. The lowest BCUT2D eigenvalue weighted by atomic mass is 10.1. The second-order valence-corrected chi connectivity index (χ2v) is 7.99. The van der Waals surface area contributed by atoms with Gasteiger partial charge in [-0.3, -0.25) is 0 Å². The lowest BCUT2D eigenvalue weighted by Gasteiger charge is -2.25. The van der Waals surface area contributed by atoms with E-state index in [1.165, 1.54) is 4.88 Å². The molecule has 28 heavy (non-hydrogen) atoms. The van der Waals surface area contributed by atoms with Crippen molar-refractivity contribution in [2.24, 2.45) is 12.0 Å². The van der Waals surface area contributed by atoms with Crippen molar-refractivity contribution >= 4 is 17.3 Å². The van der Waals surface area contributed by atoms with E-state index in [1.54, 1.807) is 11.3 Å². The Balaban J connectivity index is 1.46. The maximum Gasteiger partial charge on any atom is 0.192 e. The van der Waals surface area contributed by atoms with Gasteiger partial charge >= 0.3 is 0 Å². The first-order valence-corrected chi connectivity index (χ1v) is 10.3. The Bertz CT molecular complexity index is 954. The second-order valence-electron chi connectivity index (χ2n) is 6.96. The molecule has 0 saturated carbocycles. The third-order valence-electron chi connectivity index (χ3n) is 4.88. The predicted molar refractivity (Wildman–Crippen MR) is 108 cm³/mol. The zero-order valence-electron chi connectivity index (χ0n) is 16.4. The number of aliphatic imine (C=N–C) groups is 1. The van der Waals surface area contributed by atoms with E-state index in [4.69, 9.17) is 4.99 Å². The minimum atomic E-state index is 0.254. The summed E-state index contributed by atoms with van der Waals surface area (Å²) in [6.45, 7) is 5.87. The van der Waals surface area contributed by atoms with Crippen LogP contribution >= 0.6 is 11.3 Å². The summed E-state index contributed by atoms with van der Waals surface area (Å²) in [6, 6.07) is 4.43. The minimum Gasteiger partial charge on any atom is -0.352 e. The fourth-order valence-electron chi connectivity index (χ4n) is 3.22. The normalized spacial score (nSPS) is 16.8. The fourth-order valence-corrected chi connectivity index (χ4v) is 3.86. The molecule has 0 aliphatic carbocycles. The molecule has 3 aromatic heterocycles. The molecule has 1 aliphatic rings. The molecule has 0 spiro atoms. The van der Waals surface area contributed by atoms with Crippen LogP contribution < -0.4 is 10.6 Å². The molecule has 0 radical (unpaired) electrons. The van der Waals surface area contributed by atoms with Gasteiger partial charge in [-0.05, 0) is 31.7 Å². The van der Waals surface area contributed by atoms with Crippen molar-refractivity contribution in [3.63, 3.8) is 0 Å². The summed E-state index contributed by atoms with van der Waals surface area (Å²) < 4.78 is 3.96. The Morgan fingerprint density at radius 3 is 3.00 bits per heavy atom. The van der Waals surface area contributed by atoms with Gasteiger partial charge in [-0.2, -0.15) is 5.10 Å². The largest absolute Gasteiger partial charge is 0.352 e. The van der Waals surface area contributed by atoms with Gasteiger partial charge in [0.1, 0.15) is 24.0 Å². The van der Waals surface area contributed by atoms with E-state index in [1.807, 2.05) is 30.1 Å². The van der Waals surface area contributed by atoms with Crippen LogP contribution in [0.25, 0.3) is 0 Å². The van der Waals surface area contributed by atoms with Crippen molar-refractivity contribution in [2.45, 2.75) is 52.4 Å². The molecule has 4 heterocycles. The number of nitrogens with one attached hydrogen (secondary N) is 2. The summed E-state index contributed by atoms with van der Waals surface area (Å²) in [4.78, 5) is 10.5. The quantitative estimate of drug-likeness (QED) is 0.496. The van der Waals surface area contributed by atoms with Crippen LogP contribution in [-0.2, 0) is 33.1 Å². The molecule has 4 rings (SSSR count). The maximum absolute atomic E-state index is 4.75. The molecule has 0 saturated heterocycles. The van der Waals surface area contributed by atoms with E-state index in [0.717, 1.165) is 55.2 Å². The summed E-state index contributed by atoms with van der Waals surface area (Å²) in [5, 5.41) is 21.9. The van der Waals surface area contributed by atoms with Crippen LogP contribution in [0.1, 0.15) is 34.6 Å². The van der Waals surface area contributed by atoms with Crippen LogP contribution in [-0.4, -0.2) is 41.5 Å². The zero-order chi connectivity index (χ0) is 19.5. The number of fused-ring (bicyclic) bond motifs is 1.